The molecule has 0 radical (unpaired) electrons. The van der Waals surface area contributed by atoms with Gasteiger partial charge >= 0.3 is 0 Å². The lowest BCUT2D eigenvalue weighted by molar-refractivity contribution is -0.0596. The number of piperidine rings is 1. The van der Waals surface area contributed by atoms with Crippen LogP contribution in [0.3, 0.4) is 0 Å². The zero-order valence-electron chi connectivity index (χ0n) is 18.0. The van der Waals surface area contributed by atoms with Crippen LogP contribution < -0.4 is 15.4 Å². The van der Waals surface area contributed by atoms with E-state index in [9.17, 15) is 0 Å². The molecular formula is C23H30N6O2. The maximum atomic E-state index is 8.71. The van der Waals surface area contributed by atoms with E-state index in [2.05, 4.69) is 26.8 Å². The van der Waals surface area contributed by atoms with Crippen LogP contribution in [0.2, 0.25) is 0 Å². The van der Waals surface area contributed by atoms with Gasteiger partial charge in [-0.15, -0.1) is 0 Å². The molecule has 2 aromatic heterocycles. The van der Waals surface area contributed by atoms with Crippen LogP contribution in [0.5, 0.6) is 5.88 Å². The average molecular weight is 423 g/mol. The highest BCUT2D eigenvalue weighted by Crippen LogP contribution is 2.39. The van der Waals surface area contributed by atoms with Crippen LogP contribution in [0.25, 0.3) is 0 Å². The van der Waals surface area contributed by atoms with E-state index in [0.29, 0.717) is 35.0 Å². The van der Waals surface area contributed by atoms with Gasteiger partial charge in [-0.25, -0.2) is 15.0 Å². The molecule has 5 rings (SSSR count). The third-order valence-corrected chi connectivity index (χ3v) is 6.60. The van der Waals surface area contributed by atoms with E-state index in [4.69, 9.17) is 20.6 Å². The van der Waals surface area contributed by atoms with E-state index in [1.165, 1.54) is 25.6 Å². The summed E-state index contributed by atoms with van der Waals surface area (Å²) in [5.41, 5.74) is 7.79. The number of rotatable bonds is 7. The largest absolute Gasteiger partial charge is 0.471 e. The second kappa shape index (κ2) is 8.07. The van der Waals surface area contributed by atoms with E-state index in [0.717, 1.165) is 44.6 Å². The van der Waals surface area contributed by atoms with Gasteiger partial charge in [0.2, 0.25) is 5.88 Å². The molecule has 8 heteroatoms. The maximum absolute atomic E-state index is 8.71. The van der Waals surface area contributed by atoms with Crippen molar-refractivity contribution in [1.82, 2.24) is 15.0 Å². The molecule has 3 N–H and O–H groups in total. The Morgan fingerprint density at radius 2 is 1.84 bits per heavy atom. The molecule has 0 unspecified atom stereocenters. The first-order valence-electron chi connectivity index (χ1n) is 11.3. The van der Waals surface area contributed by atoms with E-state index in [1.54, 1.807) is 12.3 Å². The summed E-state index contributed by atoms with van der Waals surface area (Å²) in [5.74, 6) is 1.34. The van der Waals surface area contributed by atoms with Crippen molar-refractivity contribution >= 4 is 17.2 Å². The van der Waals surface area contributed by atoms with Crippen molar-refractivity contribution in [3.8, 4) is 5.88 Å². The lowest BCUT2D eigenvalue weighted by Crippen LogP contribution is -2.40. The lowest BCUT2D eigenvalue weighted by atomic mass is 9.95. The highest BCUT2D eigenvalue weighted by molar-refractivity contribution is 6.13. The molecule has 0 amide bonds. The average Bonchev–Trinajstić information content (AvgIpc) is 3.49. The third kappa shape index (κ3) is 4.49. The van der Waals surface area contributed by atoms with Crippen LogP contribution >= 0.6 is 0 Å². The minimum Gasteiger partial charge on any atom is -0.471 e. The van der Waals surface area contributed by atoms with Gasteiger partial charge in [-0.1, -0.05) is 0 Å². The van der Waals surface area contributed by atoms with Crippen molar-refractivity contribution in [1.29, 1.82) is 5.41 Å². The number of pyridine rings is 1. The zero-order valence-corrected chi connectivity index (χ0v) is 18.0. The molecule has 3 fully saturated rings. The molecular weight excluding hydrogens is 392 g/mol. The van der Waals surface area contributed by atoms with Crippen LogP contribution in [-0.4, -0.2) is 51.6 Å². The monoisotopic (exact) mass is 422 g/mol. The highest BCUT2D eigenvalue weighted by atomic mass is 16.5. The van der Waals surface area contributed by atoms with Crippen LogP contribution in [0.4, 0.5) is 11.5 Å². The number of aromatic nitrogens is 3. The molecule has 3 heterocycles. The molecule has 1 aliphatic heterocycles. The van der Waals surface area contributed by atoms with Crippen LogP contribution in [0.1, 0.15) is 63.1 Å². The van der Waals surface area contributed by atoms with Gasteiger partial charge < -0.3 is 20.1 Å². The second-order valence-corrected chi connectivity index (χ2v) is 9.17. The zero-order chi connectivity index (χ0) is 21.4. The van der Waals surface area contributed by atoms with Crippen LogP contribution in [0.15, 0.2) is 24.7 Å². The number of hydrogen-bond acceptors (Lipinski definition) is 8. The van der Waals surface area contributed by atoms with E-state index in [-0.39, 0.29) is 11.3 Å². The Morgan fingerprint density at radius 3 is 2.52 bits per heavy atom. The molecule has 0 spiro atoms. The quantitative estimate of drug-likeness (QED) is 0.658. The number of nitrogen functional groups attached to an aromatic ring is 1. The summed E-state index contributed by atoms with van der Waals surface area (Å²) in [4.78, 5) is 15.3. The summed E-state index contributed by atoms with van der Waals surface area (Å²) >= 11 is 0. The molecule has 1 saturated heterocycles. The van der Waals surface area contributed by atoms with Crippen molar-refractivity contribution in [2.75, 3.05) is 23.7 Å². The van der Waals surface area contributed by atoms with Crippen molar-refractivity contribution in [2.24, 2.45) is 0 Å². The Labute approximate surface area is 182 Å². The summed E-state index contributed by atoms with van der Waals surface area (Å²) in [6.07, 6.45) is 11.7. The fourth-order valence-corrected chi connectivity index (χ4v) is 4.04. The van der Waals surface area contributed by atoms with Crippen LogP contribution in [-0.2, 0) is 4.74 Å². The summed E-state index contributed by atoms with van der Waals surface area (Å²) < 4.78 is 12.1. The first kappa shape index (κ1) is 20.2. The summed E-state index contributed by atoms with van der Waals surface area (Å²) in [6, 6.07) is 3.62. The van der Waals surface area contributed by atoms with Gasteiger partial charge in [0.05, 0.1) is 35.5 Å². The van der Waals surface area contributed by atoms with Crippen molar-refractivity contribution in [3.05, 3.63) is 35.9 Å². The number of nitrogens with two attached hydrogens (primary N) is 1. The Morgan fingerprint density at radius 1 is 1.10 bits per heavy atom. The first-order valence-corrected chi connectivity index (χ1v) is 11.3. The highest BCUT2D eigenvalue weighted by Gasteiger charge is 2.40. The number of hydrogen-bond donors (Lipinski definition) is 2. The van der Waals surface area contributed by atoms with E-state index in [1.807, 2.05) is 6.07 Å². The van der Waals surface area contributed by atoms with Crippen molar-refractivity contribution in [2.45, 2.75) is 69.7 Å². The molecule has 2 saturated carbocycles. The second-order valence-electron chi connectivity index (χ2n) is 9.17. The first-order chi connectivity index (χ1) is 15.0. The Kier molecular flexibility index (Phi) is 5.25. The van der Waals surface area contributed by atoms with Gasteiger partial charge in [0.25, 0.3) is 0 Å². The Balaban J connectivity index is 1.27. The molecule has 0 aromatic carbocycles. The lowest BCUT2D eigenvalue weighted by Gasteiger charge is -2.36. The minimum atomic E-state index is -0.140. The van der Waals surface area contributed by atoms with E-state index >= 15 is 0 Å². The molecule has 8 nitrogen and oxygen atoms in total. The molecule has 2 aromatic rings. The molecule has 164 valence electrons. The molecule has 0 bridgehead atoms. The van der Waals surface area contributed by atoms with Crippen LogP contribution in [0, 0.1) is 5.41 Å². The standard InChI is InChI=1S/C23H30N6O2/c1-23(7-8-23)31-21-11-17(18(24)13-26-21)22(25)19-12-20(28-14-27-19)29-9-5-16(6-10-29)30-15-3-2-4-15/h11-16,25H,2-10,24H2,1H3. The predicted molar refractivity (Wildman–Crippen MR) is 119 cm³/mol. The smallest absolute Gasteiger partial charge is 0.214 e. The molecule has 31 heavy (non-hydrogen) atoms. The van der Waals surface area contributed by atoms with Crippen molar-refractivity contribution < 1.29 is 9.47 Å². The fourth-order valence-electron chi connectivity index (χ4n) is 4.04. The topological polar surface area (TPSA) is 110 Å². The molecule has 2 aliphatic carbocycles. The molecule has 3 aliphatic rings. The SMILES string of the molecule is CC1(Oc2cc(C(=N)c3cc(N4CCC(OC5CCC5)CC4)ncn3)c(N)cn2)CC1. The Bertz CT molecular complexity index is 964. The maximum Gasteiger partial charge on any atom is 0.214 e. The van der Waals surface area contributed by atoms with Gasteiger partial charge in [0.1, 0.15) is 17.7 Å². The summed E-state index contributed by atoms with van der Waals surface area (Å²) in [7, 11) is 0. The van der Waals surface area contributed by atoms with Gasteiger partial charge in [0.15, 0.2) is 0 Å². The summed E-state index contributed by atoms with van der Waals surface area (Å²) in [6.45, 7) is 3.86. The van der Waals surface area contributed by atoms with Gasteiger partial charge in [-0.3, -0.25) is 5.41 Å². The number of anilines is 2. The normalized spacial score (nSPS) is 20.9. The van der Waals surface area contributed by atoms with E-state index < -0.39 is 0 Å². The fraction of sp³-hybridized carbons (Fsp3) is 0.565. The molecule has 0 atom stereocenters. The van der Waals surface area contributed by atoms with Gasteiger partial charge in [0, 0.05) is 30.8 Å². The van der Waals surface area contributed by atoms with Crippen molar-refractivity contribution in [3.63, 3.8) is 0 Å². The number of ether oxygens (including phenoxy) is 2. The Hall–Kier alpha value is -2.74. The minimum absolute atomic E-state index is 0.140. The number of nitrogens with zero attached hydrogens (tertiary/aromatic N) is 4. The summed E-state index contributed by atoms with van der Waals surface area (Å²) in [5, 5.41) is 8.71. The third-order valence-electron chi connectivity index (χ3n) is 6.60. The van der Waals surface area contributed by atoms with Gasteiger partial charge in [-0.05, 0) is 51.9 Å². The number of nitrogens with one attached hydrogen (secondary N) is 1. The van der Waals surface area contributed by atoms with Gasteiger partial charge in [-0.2, -0.15) is 0 Å². The predicted octanol–water partition coefficient (Wildman–Crippen LogP) is 3.34.